The van der Waals surface area contributed by atoms with E-state index in [2.05, 4.69) is 10.5 Å². The summed E-state index contributed by atoms with van der Waals surface area (Å²) in [4.78, 5) is 12.6. The van der Waals surface area contributed by atoms with E-state index in [0.717, 1.165) is 25.2 Å². The van der Waals surface area contributed by atoms with E-state index in [1.54, 1.807) is 0 Å². The fourth-order valence-electron chi connectivity index (χ4n) is 3.86. The van der Waals surface area contributed by atoms with Gasteiger partial charge in [-0.2, -0.15) is 0 Å². The fourth-order valence-corrected chi connectivity index (χ4v) is 3.86. The highest BCUT2D eigenvalue weighted by atomic mass is 16.5. The number of aryl methyl sites for hydroxylation is 1. The molecule has 1 saturated heterocycles. The highest BCUT2D eigenvalue weighted by Gasteiger charge is 2.70. The van der Waals surface area contributed by atoms with Crippen LogP contribution in [0.15, 0.2) is 10.6 Å². The van der Waals surface area contributed by atoms with Crippen molar-refractivity contribution in [1.82, 2.24) is 10.5 Å². The maximum atomic E-state index is 12.6. The van der Waals surface area contributed by atoms with Crippen molar-refractivity contribution in [2.75, 3.05) is 6.61 Å². The molecule has 6 heteroatoms. The number of nitrogens with one attached hydrogen (secondary N) is 1. The maximum Gasteiger partial charge on any atom is 0.241 e. The van der Waals surface area contributed by atoms with Gasteiger partial charge in [-0.1, -0.05) is 19.0 Å². The van der Waals surface area contributed by atoms with Crippen LogP contribution in [0, 0.1) is 18.3 Å². The molecule has 3 N–H and O–H groups in total. The average molecular weight is 293 g/mol. The molecule has 1 saturated carbocycles. The van der Waals surface area contributed by atoms with Crippen LogP contribution in [-0.4, -0.2) is 29.3 Å². The second-order valence-electron chi connectivity index (χ2n) is 6.74. The van der Waals surface area contributed by atoms with Gasteiger partial charge in [0, 0.05) is 24.0 Å². The second kappa shape index (κ2) is 4.81. The molecule has 3 rings (SSSR count). The Morgan fingerprint density at radius 2 is 2.33 bits per heavy atom. The van der Waals surface area contributed by atoms with Crippen LogP contribution in [0.4, 0.5) is 0 Å². The van der Waals surface area contributed by atoms with Gasteiger partial charge in [0.05, 0.1) is 12.6 Å². The van der Waals surface area contributed by atoms with Crippen LogP contribution >= 0.6 is 0 Å². The van der Waals surface area contributed by atoms with Crippen molar-refractivity contribution in [2.45, 2.75) is 51.8 Å². The van der Waals surface area contributed by atoms with Crippen molar-refractivity contribution in [1.29, 1.82) is 0 Å². The molecule has 2 aliphatic rings. The largest absolute Gasteiger partial charge is 0.377 e. The molecule has 1 aromatic rings. The lowest BCUT2D eigenvalue weighted by Crippen LogP contribution is -2.82. The van der Waals surface area contributed by atoms with Crippen LogP contribution in [0.5, 0.6) is 0 Å². The summed E-state index contributed by atoms with van der Waals surface area (Å²) in [5, 5.41) is 6.78. The normalized spacial score (nSPS) is 33.9. The third-order valence-electron chi connectivity index (χ3n) is 5.17. The van der Waals surface area contributed by atoms with Gasteiger partial charge in [-0.3, -0.25) is 4.79 Å². The first-order valence-corrected chi connectivity index (χ1v) is 7.48. The molecule has 1 aromatic heterocycles. The molecule has 2 heterocycles. The standard InChI is InChI=1S/C15H23N3O3/c1-9-7-10(18-21-9)8-17-13(19)15(16)11-5-4-6-20-12(11)14(15,2)3/h7,11-12H,4-6,8,16H2,1-3H3,(H,17,19). The number of carbonyl (C=O) groups excluding carboxylic acids is 1. The van der Waals surface area contributed by atoms with E-state index in [-0.39, 0.29) is 23.3 Å². The number of rotatable bonds is 3. The fraction of sp³-hybridized carbons (Fsp3) is 0.733. The molecule has 3 atom stereocenters. The van der Waals surface area contributed by atoms with Gasteiger partial charge < -0.3 is 20.3 Å². The Labute approximate surface area is 124 Å². The first-order chi connectivity index (χ1) is 9.87. The first-order valence-electron chi connectivity index (χ1n) is 7.48. The van der Waals surface area contributed by atoms with Gasteiger partial charge in [-0.05, 0) is 19.8 Å². The maximum absolute atomic E-state index is 12.6. The third kappa shape index (κ3) is 2.00. The summed E-state index contributed by atoms with van der Waals surface area (Å²) in [5.74, 6) is 0.701. The summed E-state index contributed by atoms with van der Waals surface area (Å²) in [6, 6.07) is 1.81. The van der Waals surface area contributed by atoms with Gasteiger partial charge in [-0.15, -0.1) is 0 Å². The van der Waals surface area contributed by atoms with E-state index in [1.807, 2.05) is 26.8 Å². The van der Waals surface area contributed by atoms with E-state index in [0.29, 0.717) is 12.2 Å². The Kier molecular flexibility index (Phi) is 3.33. The Morgan fingerprint density at radius 3 is 3.00 bits per heavy atom. The zero-order valence-electron chi connectivity index (χ0n) is 12.8. The number of amides is 1. The highest BCUT2D eigenvalue weighted by Crippen LogP contribution is 2.57. The Morgan fingerprint density at radius 1 is 1.57 bits per heavy atom. The topological polar surface area (TPSA) is 90.4 Å². The highest BCUT2D eigenvalue weighted by molar-refractivity contribution is 5.89. The minimum Gasteiger partial charge on any atom is -0.377 e. The van der Waals surface area contributed by atoms with Crippen LogP contribution in [0.25, 0.3) is 0 Å². The second-order valence-corrected chi connectivity index (χ2v) is 6.74. The summed E-state index contributed by atoms with van der Waals surface area (Å²) < 4.78 is 10.8. The Bertz CT molecular complexity index is 554. The SMILES string of the molecule is Cc1cc(CNC(=O)C2(N)C3CCCOC3C2(C)C)no1. The molecule has 3 unspecified atom stereocenters. The summed E-state index contributed by atoms with van der Waals surface area (Å²) >= 11 is 0. The van der Waals surface area contributed by atoms with Gasteiger partial charge in [0.25, 0.3) is 0 Å². The molecule has 6 nitrogen and oxygen atoms in total. The molecule has 1 aliphatic heterocycles. The lowest BCUT2D eigenvalue weighted by Gasteiger charge is -2.65. The third-order valence-corrected chi connectivity index (χ3v) is 5.17. The van der Waals surface area contributed by atoms with E-state index in [4.69, 9.17) is 15.0 Å². The molecule has 2 fully saturated rings. The molecule has 21 heavy (non-hydrogen) atoms. The number of hydrogen-bond acceptors (Lipinski definition) is 5. The molecule has 0 bridgehead atoms. The van der Waals surface area contributed by atoms with Gasteiger partial charge >= 0.3 is 0 Å². The predicted molar refractivity (Wildman–Crippen MR) is 76.3 cm³/mol. The molecule has 116 valence electrons. The lowest BCUT2D eigenvalue weighted by molar-refractivity contribution is -0.225. The van der Waals surface area contributed by atoms with Crippen LogP contribution in [-0.2, 0) is 16.1 Å². The summed E-state index contributed by atoms with van der Waals surface area (Å²) in [7, 11) is 0. The summed E-state index contributed by atoms with van der Waals surface area (Å²) in [5.41, 5.74) is 5.98. The van der Waals surface area contributed by atoms with Gasteiger partial charge in [0.1, 0.15) is 17.0 Å². The predicted octanol–water partition coefficient (Wildman–Crippen LogP) is 1.13. The molecule has 1 amide bonds. The van der Waals surface area contributed by atoms with Crippen LogP contribution < -0.4 is 11.1 Å². The van der Waals surface area contributed by atoms with E-state index in [9.17, 15) is 4.79 Å². The lowest BCUT2D eigenvalue weighted by atomic mass is 9.46. The Balaban J connectivity index is 1.70. The van der Waals surface area contributed by atoms with E-state index in [1.165, 1.54) is 0 Å². The molecule has 0 aromatic carbocycles. The minimum atomic E-state index is -0.878. The number of ether oxygens (including phenoxy) is 1. The molecular formula is C15H23N3O3. The smallest absolute Gasteiger partial charge is 0.241 e. The first kappa shape index (κ1) is 14.5. The number of carbonyl (C=O) groups is 1. The number of fused-ring (bicyclic) bond motifs is 1. The van der Waals surface area contributed by atoms with Crippen molar-refractivity contribution >= 4 is 5.91 Å². The van der Waals surface area contributed by atoms with Gasteiger partial charge in [-0.25, -0.2) is 0 Å². The number of nitrogens with two attached hydrogens (primary N) is 1. The molecule has 0 spiro atoms. The molecule has 1 aliphatic carbocycles. The van der Waals surface area contributed by atoms with Gasteiger partial charge in [0.2, 0.25) is 5.91 Å². The van der Waals surface area contributed by atoms with Crippen LogP contribution in [0.2, 0.25) is 0 Å². The van der Waals surface area contributed by atoms with Crippen molar-refractivity contribution in [2.24, 2.45) is 17.1 Å². The average Bonchev–Trinajstić information content (AvgIpc) is 2.89. The van der Waals surface area contributed by atoms with Crippen molar-refractivity contribution in [3.05, 3.63) is 17.5 Å². The quantitative estimate of drug-likeness (QED) is 0.872. The molecule has 0 radical (unpaired) electrons. The van der Waals surface area contributed by atoms with Crippen molar-refractivity contribution in [3.63, 3.8) is 0 Å². The van der Waals surface area contributed by atoms with Crippen molar-refractivity contribution < 1.29 is 14.1 Å². The number of aromatic nitrogens is 1. The molecular weight excluding hydrogens is 270 g/mol. The summed E-state index contributed by atoms with van der Waals surface area (Å²) in [6.45, 7) is 6.95. The number of nitrogens with zero attached hydrogens (tertiary/aromatic N) is 1. The zero-order valence-corrected chi connectivity index (χ0v) is 12.8. The minimum absolute atomic E-state index is 0.0799. The van der Waals surface area contributed by atoms with Crippen LogP contribution in [0.1, 0.15) is 38.1 Å². The number of hydrogen-bond donors (Lipinski definition) is 2. The Hall–Kier alpha value is -1.40. The van der Waals surface area contributed by atoms with Gasteiger partial charge in [0.15, 0.2) is 0 Å². The van der Waals surface area contributed by atoms with Crippen LogP contribution in [0.3, 0.4) is 0 Å². The van der Waals surface area contributed by atoms with E-state index < -0.39 is 5.54 Å². The van der Waals surface area contributed by atoms with Crippen molar-refractivity contribution in [3.8, 4) is 0 Å². The summed E-state index contributed by atoms with van der Waals surface area (Å²) in [6.07, 6.45) is 1.99. The zero-order chi connectivity index (χ0) is 15.3. The monoisotopic (exact) mass is 293 g/mol. The van der Waals surface area contributed by atoms with E-state index >= 15 is 0 Å².